The highest BCUT2D eigenvalue weighted by Crippen LogP contribution is 2.26. The van der Waals surface area contributed by atoms with Crippen molar-refractivity contribution in [2.75, 3.05) is 39.3 Å². The summed E-state index contributed by atoms with van der Waals surface area (Å²) in [6, 6.07) is 23.9. The van der Waals surface area contributed by atoms with Crippen LogP contribution in [0.2, 0.25) is 0 Å². The second kappa shape index (κ2) is 11.5. The highest BCUT2D eigenvalue weighted by atomic mass is 35.5. The quantitative estimate of drug-likeness (QED) is 0.284. The Kier molecular flexibility index (Phi) is 8.75. The van der Waals surface area contributed by atoms with Gasteiger partial charge >= 0.3 is 5.63 Å². The second-order valence-corrected chi connectivity index (χ2v) is 8.04. The molecule has 0 radical (unpaired) electrons. The maximum atomic E-state index is 12.2. The van der Waals surface area contributed by atoms with Gasteiger partial charge in [-0.05, 0) is 29.1 Å². The van der Waals surface area contributed by atoms with Gasteiger partial charge in [0.2, 0.25) is 0 Å². The van der Waals surface area contributed by atoms with Crippen molar-refractivity contribution < 1.29 is 9.15 Å². The molecule has 3 aromatic carbocycles. The third-order valence-electron chi connectivity index (χ3n) is 5.98. The van der Waals surface area contributed by atoms with Crippen LogP contribution in [0.4, 0.5) is 0 Å². The summed E-state index contributed by atoms with van der Waals surface area (Å²) in [5.41, 5.74) is 1.62. The summed E-state index contributed by atoms with van der Waals surface area (Å²) in [6.45, 7) is 6.76. The van der Waals surface area contributed by atoms with E-state index in [4.69, 9.17) is 9.15 Å². The number of piperazine rings is 1. The summed E-state index contributed by atoms with van der Waals surface area (Å²) < 4.78 is 11.5. The summed E-state index contributed by atoms with van der Waals surface area (Å²) in [5, 5.41) is 2.45. The lowest BCUT2D eigenvalue weighted by atomic mass is 10.1. The average Bonchev–Trinajstić information content (AvgIpc) is 2.81. The third-order valence-corrected chi connectivity index (χ3v) is 5.98. The zero-order valence-electron chi connectivity index (χ0n) is 18.3. The predicted molar refractivity (Wildman–Crippen MR) is 138 cm³/mol. The number of hydrogen-bond acceptors (Lipinski definition) is 5. The molecule has 1 aliphatic rings. The maximum Gasteiger partial charge on any atom is 0.344 e. The number of hydrogen-bond donors (Lipinski definition) is 0. The van der Waals surface area contributed by atoms with Crippen molar-refractivity contribution in [3.63, 3.8) is 0 Å². The van der Waals surface area contributed by atoms with E-state index in [-0.39, 0.29) is 30.4 Å². The molecule has 0 N–H and O–H groups in total. The van der Waals surface area contributed by atoms with E-state index in [0.29, 0.717) is 17.6 Å². The molecule has 0 spiro atoms. The van der Waals surface area contributed by atoms with Crippen molar-refractivity contribution in [3.05, 3.63) is 88.8 Å². The molecule has 0 amide bonds. The van der Waals surface area contributed by atoms with Gasteiger partial charge < -0.3 is 9.15 Å². The van der Waals surface area contributed by atoms with Crippen LogP contribution in [-0.4, -0.2) is 49.1 Å². The molecule has 0 atom stereocenters. The Morgan fingerprint density at radius 3 is 2.18 bits per heavy atom. The van der Waals surface area contributed by atoms with Crippen molar-refractivity contribution in [1.29, 1.82) is 0 Å². The molecule has 1 aromatic heterocycles. The van der Waals surface area contributed by atoms with Gasteiger partial charge in [-0.1, -0.05) is 48.5 Å². The number of halogens is 2. The minimum Gasteiger partial charge on any atom is -0.492 e. The fourth-order valence-corrected chi connectivity index (χ4v) is 4.26. The van der Waals surface area contributed by atoms with Crippen LogP contribution in [0.25, 0.3) is 21.7 Å². The van der Waals surface area contributed by atoms with Gasteiger partial charge in [-0.25, -0.2) is 4.79 Å². The molecule has 1 fully saturated rings. The first-order valence-electron chi connectivity index (χ1n) is 10.8. The molecule has 5 nitrogen and oxygen atoms in total. The topological polar surface area (TPSA) is 45.9 Å². The minimum absolute atomic E-state index is 0. The largest absolute Gasteiger partial charge is 0.492 e. The molecule has 7 heteroatoms. The average molecular weight is 487 g/mol. The van der Waals surface area contributed by atoms with Crippen LogP contribution >= 0.6 is 24.8 Å². The number of nitrogens with zero attached hydrogens (tertiary/aromatic N) is 2. The number of benzene rings is 3. The molecular weight excluding hydrogens is 459 g/mol. The molecule has 5 rings (SSSR count). The first kappa shape index (κ1) is 25.1. The van der Waals surface area contributed by atoms with E-state index < -0.39 is 0 Å². The van der Waals surface area contributed by atoms with Gasteiger partial charge in [0.25, 0.3) is 0 Å². The molecule has 0 saturated carbocycles. The fourth-order valence-electron chi connectivity index (χ4n) is 4.26. The Hall–Kier alpha value is -2.57. The zero-order valence-corrected chi connectivity index (χ0v) is 19.9. The fraction of sp³-hybridized carbons (Fsp3) is 0.269. The van der Waals surface area contributed by atoms with Gasteiger partial charge in [0, 0.05) is 50.7 Å². The molecular formula is C26H28Cl2N2O3. The SMILES string of the molecule is Cl.Cl.O=c1oc2cc(OCCN3CCN(Cc4ccccc4)CC3)ccc2c2ccccc12. The molecule has 0 unspecified atom stereocenters. The molecule has 0 aliphatic carbocycles. The van der Waals surface area contributed by atoms with E-state index in [2.05, 4.69) is 40.1 Å². The first-order chi connectivity index (χ1) is 15.3. The molecule has 1 aliphatic heterocycles. The normalized spacial score (nSPS) is 14.5. The Balaban J connectivity index is 0.00000153. The van der Waals surface area contributed by atoms with E-state index in [1.54, 1.807) is 6.07 Å². The molecule has 33 heavy (non-hydrogen) atoms. The minimum atomic E-state index is -0.311. The van der Waals surface area contributed by atoms with Crippen molar-refractivity contribution in [1.82, 2.24) is 9.80 Å². The lowest BCUT2D eigenvalue weighted by molar-refractivity contribution is 0.112. The standard InChI is InChI=1S/C26H26N2O3.2ClH/c29-26-24-9-5-4-8-22(24)23-11-10-21(18-25(23)31-26)30-17-16-27-12-14-28(15-13-27)19-20-6-2-1-3-7-20;;/h1-11,18H,12-17,19H2;2*1H. The van der Waals surface area contributed by atoms with Crippen LogP contribution in [-0.2, 0) is 6.54 Å². The lowest BCUT2D eigenvalue weighted by Crippen LogP contribution is -2.47. The summed E-state index contributed by atoms with van der Waals surface area (Å²) in [5.74, 6) is 0.730. The van der Waals surface area contributed by atoms with Crippen LogP contribution in [0.1, 0.15) is 5.56 Å². The highest BCUT2D eigenvalue weighted by molar-refractivity contribution is 6.04. The smallest absolute Gasteiger partial charge is 0.344 e. The number of ether oxygens (including phenoxy) is 1. The van der Waals surface area contributed by atoms with E-state index in [1.165, 1.54) is 5.56 Å². The van der Waals surface area contributed by atoms with E-state index in [0.717, 1.165) is 55.8 Å². The van der Waals surface area contributed by atoms with Crippen LogP contribution in [0.3, 0.4) is 0 Å². The Morgan fingerprint density at radius 2 is 1.42 bits per heavy atom. The van der Waals surface area contributed by atoms with Gasteiger partial charge in [-0.3, -0.25) is 9.80 Å². The lowest BCUT2D eigenvalue weighted by Gasteiger charge is -2.34. The van der Waals surface area contributed by atoms with Crippen LogP contribution < -0.4 is 10.4 Å². The predicted octanol–water partition coefficient (Wildman–Crippen LogP) is 4.99. The van der Waals surface area contributed by atoms with Crippen LogP contribution in [0.15, 0.2) is 82.0 Å². The summed E-state index contributed by atoms with van der Waals surface area (Å²) >= 11 is 0. The van der Waals surface area contributed by atoms with Gasteiger partial charge in [-0.15, -0.1) is 24.8 Å². The van der Waals surface area contributed by atoms with Gasteiger partial charge in [0.05, 0.1) is 5.39 Å². The van der Waals surface area contributed by atoms with Gasteiger partial charge in [0.1, 0.15) is 17.9 Å². The van der Waals surface area contributed by atoms with Crippen LogP contribution in [0, 0.1) is 0 Å². The van der Waals surface area contributed by atoms with Crippen molar-refractivity contribution in [3.8, 4) is 5.75 Å². The Bertz CT molecular complexity index is 1240. The highest BCUT2D eigenvalue weighted by Gasteiger charge is 2.17. The Labute approximate surface area is 205 Å². The Morgan fingerprint density at radius 1 is 0.758 bits per heavy atom. The zero-order chi connectivity index (χ0) is 21.0. The second-order valence-electron chi connectivity index (χ2n) is 8.04. The molecule has 2 heterocycles. The van der Waals surface area contributed by atoms with Crippen molar-refractivity contribution in [2.24, 2.45) is 0 Å². The van der Waals surface area contributed by atoms with Crippen LogP contribution in [0.5, 0.6) is 5.75 Å². The van der Waals surface area contributed by atoms with E-state index in [1.807, 2.05) is 36.4 Å². The third kappa shape index (κ3) is 5.87. The molecule has 0 bridgehead atoms. The molecule has 174 valence electrons. The van der Waals surface area contributed by atoms with E-state index >= 15 is 0 Å². The number of rotatable bonds is 6. The van der Waals surface area contributed by atoms with Gasteiger partial charge in [-0.2, -0.15) is 0 Å². The van der Waals surface area contributed by atoms with Gasteiger partial charge in [0.15, 0.2) is 0 Å². The number of fused-ring (bicyclic) bond motifs is 3. The first-order valence-corrected chi connectivity index (χ1v) is 10.8. The summed E-state index contributed by atoms with van der Waals surface area (Å²) in [6.07, 6.45) is 0. The summed E-state index contributed by atoms with van der Waals surface area (Å²) in [4.78, 5) is 17.2. The molecule has 4 aromatic rings. The molecule has 1 saturated heterocycles. The van der Waals surface area contributed by atoms with Crippen molar-refractivity contribution in [2.45, 2.75) is 6.54 Å². The maximum absolute atomic E-state index is 12.2. The van der Waals surface area contributed by atoms with E-state index in [9.17, 15) is 4.79 Å². The summed E-state index contributed by atoms with van der Waals surface area (Å²) in [7, 11) is 0. The van der Waals surface area contributed by atoms with Crippen molar-refractivity contribution >= 4 is 46.6 Å². The monoisotopic (exact) mass is 486 g/mol.